The summed E-state index contributed by atoms with van der Waals surface area (Å²) in [6, 6.07) is 11.1. The normalized spacial score (nSPS) is 12.1. The number of nitrogens with zero attached hydrogens (tertiary/aromatic N) is 2. The molecule has 1 atom stereocenters. The fourth-order valence-electron chi connectivity index (χ4n) is 1.93. The first-order valence-corrected chi connectivity index (χ1v) is 9.32. The van der Waals surface area contributed by atoms with Gasteiger partial charge in [0, 0.05) is 15.5 Å². The molecule has 0 aliphatic heterocycles. The molecule has 5 nitrogen and oxygen atoms in total. The molecular weight excluding hydrogens is 366 g/mol. The van der Waals surface area contributed by atoms with Gasteiger partial charge in [0.05, 0.1) is 11.8 Å². The number of hydrogen-bond acceptors (Lipinski definition) is 6. The van der Waals surface area contributed by atoms with E-state index in [-0.39, 0.29) is 11.2 Å². The van der Waals surface area contributed by atoms with Gasteiger partial charge in [-0.25, -0.2) is 0 Å². The Morgan fingerprint density at radius 1 is 1.38 bits per heavy atom. The minimum Gasteiger partial charge on any atom is -0.411 e. The van der Waals surface area contributed by atoms with Crippen LogP contribution in [-0.2, 0) is 11.3 Å². The fourth-order valence-corrected chi connectivity index (χ4v) is 3.47. The molecule has 0 aliphatic carbocycles. The monoisotopic (exact) mass is 379 g/mol. The number of hydrogen-bond donors (Lipinski definition) is 1. The van der Waals surface area contributed by atoms with Gasteiger partial charge >= 0.3 is 0 Å². The third-order valence-corrected chi connectivity index (χ3v) is 5.19. The average Bonchev–Trinajstić information content (AvgIpc) is 3.24. The van der Waals surface area contributed by atoms with Crippen molar-refractivity contribution in [1.29, 1.82) is 0 Å². The highest BCUT2D eigenvalue weighted by Crippen LogP contribution is 2.27. The quantitative estimate of drug-likeness (QED) is 0.648. The van der Waals surface area contributed by atoms with Gasteiger partial charge in [0.1, 0.15) is 0 Å². The summed E-state index contributed by atoms with van der Waals surface area (Å²) in [5, 5.41) is 13.5. The Hall–Kier alpha value is -1.83. The molecule has 8 heteroatoms. The van der Waals surface area contributed by atoms with Gasteiger partial charge < -0.3 is 9.73 Å². The van der Waals surface area contributed by atoms with Crippen LogP contribution in [0.5, 0.6) is 0 Å². The van der Waals surface area contributed by atoms with Crippen molar-refractivity contribution in [2.45, 2.75) is 23.9 Å². The summed E-state index contributed by atoms with van der Waals surface area (Å²) in [6.45, 7) is 2.33. The van der Waals surface area contributed by atoms with Gasteiger partial charge in [-0.1, -0.05) is 35.5 Å². The van der Waals surface area contributed by atoms with Crippen molar-refractivity contribution in [1.82, 2.24) is 15.5 Å². The predicted octanol–water partition coefficient (Wildman–Crippen LogP) is 4.25. The first kappa shape index (κ1) is 17.0. The molecule has 24 heavy (non-hydrogen) atoms. The second-order valence-corrected chi connectivity index (χ2v) is 7.70. The van der Waals surface area contributed by atoms with Crippen LogP contribution in [0, 0.1) is 0 Å². The van der Waals surface area contributed by atoms with Gasteiger partial charge in [0.25, 0.3) is 5.22 Å². The number of aromatic nitrogens is 2. The molecule has 0 aliphatic rings. The molecular formula is C16H14ClN3O2S2. The van der Waals surface area contributed by atoms with Crippen molar-refractivity contribution >= 4 is 40.6 Å². The molecule has 1 aromatic carbocycles. The number of thiophene rings is 1. The maximum Gasteiger partial charge on any atom is 0.277 e. The first-order chi connectivity index (χ1) is 11.6. The highest BCUT2D eigenvalue weighted by atomic mass is 35.5. The molecule has 1 unspecified atom stereocenters. The van der Waals surface area contributed by atoms with Crippen LogP contribution in [-0.4, -0.2) is 21.4 Å². The molecule has 124 valence electrons. The molecule has 0 bridgehead atoms. The molecule has 3 rings (SSSR count). The van der Waals surface area contributed by atoms with Crippen LogP contribution >= 0.6 is 34.7 Å². The second kappa shape index (κ2) is 7.83. The fraction of sp³-hybridized carbons (Fsp3) is 0.188. The molecule has 0 radical (unpaired) electrons. The third-order valence-electron chi connectivity index (χ3n) is 3.14. The summed E-state index contributed by atoms with van der Waals surface area (Å²) < 4.78 is 5.60. The van der Waals surface area contributed by atoms with Crippen LogP contribution in [0.25, 0.3) is 11.5 Å². The summed E-state index contributed by atoms with van der Waals surface area (Å²) in [6.07, 6.45) is 0. The molecule has 2 heterocycles. The Morgan fingerprint density at radius 3 is 3.00 bits per heavy atom. The van der Waals surface area contributed by atoms with Crippen molar-refractivity contribution in [2.75, 3.05) is 0 Å². The highest BCUT2D eigenvalue weighted by molar-refractivity contribution is 8.00. The number of carbonyl (C=O) groups is 1. The van der Waals surface area contributed by atoms with Crippen molar-refractivity contribution in [2.24, 2.45) is 0 Å². The summed E-state index contributed by atoms with van der Waals surface area (Å²) in [5.74, 6) is 0.307. The van der Waals surface area contributed by atoms with Crippen molar-refractivity contribution in [3.63, 3.8) is 0 Å². The van der Waals surface area contributed by atoms with E-state index in [4.69, 9.17) is 16.0 Å². The molecule has 1 N–H and O–H groups in total. The van der Waals surface area contributed by atoms with E-state index < -0.39 is 0 Å². The molecule has 2 aromatic heterocycles. The Kier molecular flexibility index (Phi) is 5.55. The Balaban J connectivity index is 1.58. The molecule has 0 saturated heterocycles. The lowest BCUT2D eigenvalue weighted by molar-refractivity contribution is -0.120. The van der Waals surface area contributed by atoms with Gasteiger partial charge in [-0.05, 0) is 36.6 Å². The summed E-state index contributed by atoms with van der Waals surface area (Å²) in [4.78, 5) is 13.2. The Bertz CT molecular complexity index is 820. The van der Waals surface area contributed by atoms with Gasteiger partial charge in [-0.15, -0.1) is 21.5 Å². The van der Waals surface area contributed by atoms with E-state index in [9.17, 15) is 4.79 Å². The van der Waals surface area contributed by atoms with Crippen molar-refractivity contribution in [3.05, 3.63) is 51.7 Å². The van der Waals surface area contributed by atoms with E-state index in [0.717, 1.165) is 10.4 Å². The van der Waals surface area contributed by atoms with Crippen molar-refractivity contribution in [3.8, 4) is 11.5 Å². The van der Waals surface area contributed by atoms with Crippen LogP contribution in [0.4, 0.5) is 0 Å². The van der Waals surface area contributed by atoms with Crippen molar-refractivity contribution < 1.29 is 9.21 Å². The third kappa shape index (κ3) is 4.37. The van der Waals surface area contributed by atoms with E-state index in [1.807, 2.05) is 29.6 Å². The van der Waals surface area contributed by atoms with Crippen LogP contribution in [0.15, 0.2) is 51.4 Å². The summed E-state index contributed by atoms with van der Waals surface area (Å²) in [7, 11) is 0. The Labute approximate surface area is 152 Å². The average molecular weight is 380 g/mol. The number of amides is 1. The molecule has 1 amide bonds. The summed E-state index contributed by atoms with van der Waals surface area (Å²) in [5.41, 5.74) is 0.747. The van der Waals surface area contributed by atoms with E-state index in [0.29, 0.717) is 22.7 Å². The summed E-state index contributed by atoms with van der Waals surface area (Å²) >= 11 is 8.79. The minimum atomic E-state index is -0.336. The largest absolute Gasteiger partial charge is 0.411 e. The molecule has 0 spiro atoms. The molecule has 3 aromatic rings. The van der Waals surface area contributed by atoms with E-state index in [2.05, 4.69) is 15.5 Å². The Morgan fingerprint density at radius 2 is 2.25 bits per heavy atom. The second-order valence-electron chi connectivity index (χ2n) is 4.94. The number of rotatable bonds is 6. The topological polar surface area (TPSA) is 68.0 Å². The van der Waals surface area contributed by atoms with Gasteiger partial charge in [0.15, 0.2) is 0 Å². The van der Waals surface area contributed by atoms with Gasteiger partial charge in [-0.3, -0.25) is 4.79 Å². The predicted molar refractivity (Wildman–Crippen MR) is 96.2 cm³/mol. The molecule has 0 fully saturated rings. The van der Waals surface area contributed by atoms with Crippen LogP contribution < -0.4 is 5.32 Å². The SMILES string of the molecule is CC(Sc1nnc(-c2cccc(Cl)c2)o1)C(=O)NCc1cccs1. The zero-order valence-electron chi connectivity index (χ0n) is 12.7. The lowest BCUT2D eigenvalue weighted by Gasteiger charge is -2.08. The number of carbonyl (C=O) groups excluding carboxylic acids is 1. The van der Waals surface area contributed by atoms with E-state index >= 15 is 0 Å². The highest BCUT2D eigenvalue weighted by Gasteiger charge is 2.18. The molecule has 0 saturated carbocycles. The van der Waals surface area contributed by atoms with Gasteiger partial charge in [0.2, 0.25) is 11.8 Å². The first-order valence-electron chi connectivity index (χ1n) is 7.18. The standard InChI is InChI=1S/C16H14ClN3O2S2/c1-10(14(21)18-9-13-6-3-7-23-13)24-16-20-19-15(22-16)11-4-2-5-12(17)8-11/h2-8,10H,9H2,1H3,(H,18,21). The zero-order valence-corrected chi connectivity index (χ0v) is 15.1. The maximum absolute atomic E-state index is 12.1. The lowest BCUT2D eigenvalue weighted by Crippen LogP contribution is -2.30. The minimum absolute atomic E-state index is 0.0732. The van der Waals surface area contributed by atoms with Crippen LogP contribution in [0.1, 0.15) is 11.8 Å². The number of halogens is 1. The van der Waals surface area contributed by atoms with E-state index in [1.54, 1.807) is 30.4 Å². The van der Waals surface area contributed by atoms with Gasteiger partial charge in [-0.2, -0.15) is 0 Å². The number of benzene rings is 1. The number of thioether (sulfide) groups is 1. The smallest absolute Gasteiger partial charge is 0.277 e. The number of nitrogens with one attached hydrogen (secondary N) is 1. The van der Waals surface area contributed by atoms with E-state index in [1.165, 1.54) is 11.8 Å². The lowest BCUT2D eigenvalue weighted by atomic mass is 10.2. The van der Waals surface area contributed by atoms with Crippen LogP contribution in [0.3, 0.4) is 0 Å². The van der Waals surface area contributed by atoms with Crippen LogP contribution in [0.2, 0.25) is 5.02 Å². The zero-order chi connectivity index (χ0) is 16.9. The maximum atomic E-state index is 12.1.